The highest BCUT2D eigenvalue weighted by atomic mass is 35.5. The van der Waals surface area contributed by atoms with E-state index in [0.29, 0.717) is 24.5 Å². The number of likely N-dealkylation sites (tertiary alicyclic amines) is 1. The smallest absolute Gasteiger partial charge is 0.407 e. The Morgan fingerprint density at radius 1 is 1.22 bits per heavy atom. The summed E-state index contributed by atoms with van der Waals surface area (Å²) in [6.07, 6.45) is 2.74. The molecule has 3 rings (SSSR count). The number of nitrogens with one attached hydrogen (secondary N) is 1. The van der Waals surface area contributed by atoms with Crippen LogP contribution < -0.4 is 10.1 Å². The molecule has 1 aromatic carbocycles. The van der Waals surface area contributed by atoms with Gasteiger partial charge in [-0.05, 0) is 5.56 Å². The molecule has 1 N–H and O–H groups in total. The third-order valence-corrected chi connectivity index (χ3v) is 4.16. The molecule has 0 radical (unpaired) electrons. The van der Waals surface area contributed by atoms with Gasteiger partial charge in [-0.1, -0.05) is 41.9 Å². The molecule has 142 valence electrons. The number of carbonyl (C=O) groups excluding carboxylic acids is 2. The third kappa shape index (κ3) is 5.82. The van der Waals surface area contributed by atoms with Crippen LogP contribution in [0.15, 0.2) is 42.7 Å². The minimum atomic E-state index is -0.631. The van der Waals surface area contributed by atoms with E-state index in [1.807, 2.05) is 30.3 Å². The standard InChI is InChI=1S/C18H19ClN4O4/c19-14-8-20-17(21-9-14)27-15-6-7-23(11-15)16(24)10-22-18(25)26-12-13-4-2-1-3-5-13/h1-5,8-9,15H,6-7,10-12H2,(H,22,25)/t15-/m1/s1. The van der Waals surface area contributed by atoms with E-state index < -0.39 is 6.09 Å². The predicted octanol–water partition coefficient (Wildman–Crippen LogP) is 2.04. The van der Waals surface area contributed by atoms with Crippen molar-refractivity contribution >= 4 is 23.6 Å². The van der Waals surface area contributed by atoms with E-state index in [2.05, 4.69) is 15.3 Å². The molecule has 2 aromatic rings. The zero-order valence-electron chi connectivity index (χ0n) is 14.5. The van der Waals surface area contributed by atoms with E-state index >= 15 is 0 Å². The molecule has 0 spiro atoms. The third-order valence-electron chi connectivity index (χ3n) is 3.96. The lowest BCUT2D eigenvalue weighted by Gasteiger charge is -2.17. The summed E-state index contributed by atoms with van der Waals surface area (Å²) < 4.78 is 10.7. The molecule has 1 aliphatic heterocycles. The van der Waals surface area contributed by atoms with Crippen molar-refractivity contribution in [1.82, 2.24) is 20.2 Å². The molecule has 1 aromatic heterocycles. The molecular formula is C18H19ClN4O4. The number of rotatable bonds is 6. The number of hydrogen-bond donors (Lipinski definition) is 1. The summed E-state index contributed by atoms with van der Waals surface area (Å²) in [7, 11) is 0. The first-order chi connectivity index (χ1) is 13.1. The summed E-state index contributed by atoms with van der Waals surface area (Å²) in [6.45, 7) is 0.975. The molecule has 1 fully saturated rings. The SMILES string of the molecule is O=C(NCC(=O)N1CC[C@@H](Oc2ncc(Cl)cn2)C1)OCc1ccccc1. The van der Waals surface area contributed by atoms with Crippen LogP contribution in [0.2, 0.25) is 5.02 Å². The van der Waals surface area contributed by atoms with Gasteiger partial charge in [-0.25, -0.2) is 14.8 Å². The maximum absolute atomic E-state index is 12.2. The molecule has 0 bridgehead atoms. The van der Waals surface area contributed by atoms with Crippen LogP contribution in [-0.2, 0) is 16.1 Å². The van der Waals surface area contributed by atoms with Gasteiger partial charge in [0.1, 0.15) is 19.3 Å². The van der Waals surface area contributed by atoms with E-state index in [9.17, 15) is 9.59 Å². The monoisotopic (exact) mass is 390 g/mol. The van der Waals surface area contributed by atoms with Crippen molar-refractivity contribution in [1.29, 1.82) is 0 Å². The fraction of sp³-hybridized carbons (Fsp3) is 0.333. The maximum atomic E-state index is 12.2. The quantitative estimate of drug-likeness (QED) is 0.811. The van der Waals surface area contributed by atoms with Crippen LogP contribution in [0.3, 0.4) is 0 Å². The Morgan fingerprint density at radius 2 is 1.96 bits per heavy atom. The topological polar surface area (TPSA) is 93.7 Å². The van der Waals surface area contributed by atoms with Crippen molar-refractivity contribution in [2.45, 2.75) is 19.1 Å². The molecule has 1 saturated heterocycles. The number of ether oxygens (including phenoxy) is 2. The molecular weight excluding hydrogens is 372 g/mol. The van der Waals surface area contributed by atoms with E-state index in [0.717, 1.165) is 5.56 Å². The fourth-order valence-corrected chi connectivity index (χ4v) is 2.69. The maximum Gasteiger partial charge on any atom is 0.407 e. The lowest BCUT2D eigenvalue weighted by atomic mass is 10.2. The van der Waals surface area contributed by atoms with Gasteiger partial charge in [0, 0.05) is 13.0 Å². The number of halogens is 1. The van der Waals surface area contributed by atoms with Crippen LogP contribution in [0.4, 0.5) is 4.79 Å². The molecule has 0 unspecified atom stereocenters. The van der Waals surface area contributed by atoms with Crippen molar-refractivity contribution in [3.63, 3.8) is 0 Å². The van der Waals surface area contributed by atoms with Crippen LogP contribution in [0.25, 0.3) is 0 Å². The van der Waals surface area contributed by atoms with Crippen molar-refractivity contribution < 1.29 is 19.1 Å². The zero-order chi connectivity index (χ0) is 19.1. The van der Waals surface area contributed by atoms with Crippen LogP contribution in [0.1, 0.15) is 12.0 Å². The number of amides is 2. The average Bonchev–Trinajstić information content (AvgIpc) is 3.16. The summed E-state index contributed by atoms with van der Waals surface area (Å²) in [5, 5.41) is 2.89. The van der Waals surface area contributed by atoms with Gasteiger partial charge in [-0.3, -0.25) is 4.79 Å². The summed E-state index contributed by atoms with van der Waals surface area (Å²) in [5.74, 6) is -0.199. The van der Waals surface area contributed by atoms with Crippen LogP contribution in [0.5, 0.6) is 6.01 Å². The van der Waals surface area contributed by atoms with Crippen LogP contribution in [-0.4, -0.2) is 52.6 Å². The second kappa shape index (κ2) is 9.18. The van der Waals surface area contributed by atoms with Crippen molar-refractivity contribution in [3.8, 4) is 6.01 Å². The van der Waals surface area contributed by atoms with Gasteiger partial charge in [0.15, 0.2) is 0 Å². The first kappa shape index (κ1) is 18.9. The highest BCUT2D eigenvalue weighted by Gasteiger charge is 2.28. The molecule has 2 amide bonds. The molecule has 0 saturated carbocycles. The van der Waals surface area contributed by atoms with Gasteiger partial charge in [0.05, 0.1) is 24.0 Å². The predicted molar refractivity (Wildman–Crippen MR) is 97.3 cm³/mol. The molecule has 27 heavy (non-hydrogen) atoms. The van der Waals surface area contributed by atoms with E-state index in [1.165, 1.54) is 12.4 Å². The van der Waals surface area contributed by atoms with Gasteiger partial charge in [-0.15, -0.1) is 0 Å². The molecule has 9 heteroatoms. The Hall–Kier alpha value is -2.87. The van der Waals surface area contributed by atoms with E-state index in [4.69, 9.17) is 21.1 Å². The van der Waals surface area contributed by atoms with Crippen molar-refractivity contribution in [2.24, 2.45) is 0 Å². The Kier molecular flexibility index (Phi) is 6.43. The number of carbonyl (C=O) groups is 2. The first-order valence-corrected chi connectivity index (χ1v) is 8.84. The number of alkyl carbamates (subject to hydrolysis) is 1. The average molecular weight is 391 g/mol. The highest BCUT2D eigenvalue weighted by Crippen LogP contribution is 2.16. The number of aromatic nitrogens is 2. The van der Waals surface area contributed by atoms with Crippen molar-refractivity contribution in [2.75, 3.05) is 19.6 Å². The normalized spacial score (nSPS) is 16.0. The second-order valence-corrected chi connectivity index (χ2v) is 6.40. The van der Waals surface area contributed by atoms with Gasteiger partial charge in [-0.2, -0.15) is 0 Å². The molecule has 1 aliphatic rings. The summed E-state index contributed by atoms with van der Waals surface area (Å²) >= 11 is 5.73. The number of benzene rings is 1. The lowest BCUT2D eigenvalue weighted by molar-refractivity contribution is -0.129. The van der Waals surface area contributed by atoms with Gasteiger partial charge < -0.3 is 19.7 Å². The minimum absolute atomic E-state index is 0.127. The first-order valence-electron chi connectivity index (χ1n) is 8.46. The Bertz CT molecular complexity index is 773. The molecule has 2 heterocycles. The van der Waals surface area contributed by atoms with E-state index in [-0.39, 0.29) is 31.2 Å². The Balaban J connectivity index is 1.37. The van der Waals surface area contributed by atoms with Gasteiger partial charge in [0.25, 0.3) is 0 Å². The summed E-state index contributed by atoms with van der Waals surface area (Å²) in [4.78, 5) is 33.5. The Labute approximate surface area is 161 Å². The number of hydrogen-bond acceptors (Lipinski definition) is 6. The summed E-state index contributed by atoms with van der Waals surface area (Å²) in [5.41, 5.74) is 0.878. The number of nitrogens with zero attached hydrogens (tertiary/aromatic N) is 3. The highest BCUT2D eigenvalue weighted by molar-refractivity contribution is 6.30. The van der Waals surface area contributed by atoms with Crippen LogP contribution in [0, 0.1) is 0 Å². The van der Waals surface area contributed by atoms with E-state index in [1.54, 1.807) is 4.90 Å². The largest absolute Gasteiger partial charge is 0.458 e. The van der Waals surface area contributed by atoms with Crippen LogP contribution >= 0.6 is 11.6 Å². The lowest BCUT2D eigenvalue weighted by Crippen LogP contribution is -2.40. The molecule has 8 nitrogen and oxygen atoms in total. The molecule has 0 aliphatic carbocycles. The van der Waals surface area contributed by atoms with Gasteiger partial charge >= 0.3 is 12.1 Å². The Morgan fingerprint density at radius 3 is 2.70 bits per heavy atom. The van der Waals surface area contributed by atoms with Crippen molar-refractivity contribution in [3.05, 3.63) is 53.3 Å². The fourth-order valence-electron chi connectivity index (χ4n) is 2.60. The second-order valence-electron chi connectivity index (χ2n) is 5.97. The summed E-state index contributed by atoms with van der Waals surface area (Å²) in [6, 6.07) is 9.54. The zero-order valence-corrected chi connectivity index (χ0v) is 15.3. The van der Waals surface area contributed by atoms with Gasteiger partial charge in [0.2, 0.25) is 5.91 Å². The molecule has 1 atom stereocenters. The minimum Gasteiger partial charge on any atom is -0.458 e.